The van der Waals surface area contributed by atoms with Crippen LogP contribution in [0.25, 0.3) is 0 Å². The number of amides is 2. The van der Waals surface area contributed by atoms with Crippen molar-refractivity contribution in [3.63, 3.8) is 0 Å². The summed E-state index contributed by atoms with van der Waals surface area (Å²) in [7, 11) is 1.57. The number of carbonyl (C=O) groups is 3. The van der Waals surface area contributed by atoms with Crippen molar-refractivity contribution in [2.24, 2.45) is 0 Å². The fourth-order valence-corrected chi connectivity index (χ4v) is 6.26. The van der Waals surface area contributed by atoms with Crippen LogP contribution in [0.2, 0.25) is 0 Å². The van der Waals surface area contributed by atoms with E-state index in [1.165, 1.54) is 10.5 Å². The highest BCUT2D eigenvalue weighted by molar-refractivity contribution is 7.80. The highest BCUT2D eigenvalue weighted by Crippen LogP contribution is 2.30. The number of esters is 1. The summed E-state index contributed by atoms with van der Waals surface area (Å²) in [5, 5.41) is 3.24. The maximum absolute atomic E-state index is 13.9. The minimum absolute atomic E-state index is 0.0722. The zero-order valence-electron chi connectivity index (χ0n) is 26.4. The van der Waals surface area contributed by atoms with Crippen LogP contribution in [0.1, 0.15) is 35.7 Å². The topological polar surface area (TPSA) is 94.7 Å². The zero-order valence-corrected chi connectivity index (χ0v) is 27.2. The summed E-state index contributed by atoms with van der Waals surface area (Å²) >= 11 is 5.86. The number of methoxy groups -OCH3 is 1. The van der Waals surface area contributed by atoms with E-state index in [1.807, 2.05) is 29.2 Å². The van der Waals surface area contributed by atoms with Crippen LogP contribution in [-0.4, -0.2) is 96.6 Å². The van der Waals surface area contributed by atoms with Gasteiger partial charge in [0.05, 0.1) is 31.4 Å². The molecule has 1 N–H and O–H groups in total. The molecule has 0 aromatic heterocycles. The summed E-state index contributed by atoms with van der Waals surface area (Å²) in [6.45, 7) is 8.36. The van der Waals surface area contributed by atoms with Crippen LogP contribution in [0.3, 0.4) is 0 Å². The number of rotatable bonds is 13. The Morgan fingerprint density at radius 3 is 2.33 bits per heavy atom. The molecule has 0 aliphatic carbocycles. The summed E-state index contributed by atoms with van der Waals surface area (Å²) in [5.74, 6) is -0.385. The van der Waals surface area contributed by atoms with Crippen molar-refractivity contribution in [3.8, 4) is 5.75 Å². The predicted octanol–water partition coefficient (Wildman–Crippen LogP) is 4.41. The van der Waals surface area contributed by atoms with E-state index in [2.05, 4.69) is 39.4 Å². The van der Waals surface area contributed by atoms with Crippen LogP contribution in [0, 0.1) is 0 Å². The van der Waals surface area contributed by atoms with Gasteiger partial charge >= 0.3 is 5.97 Å². The lowest BCUT2D eigenvalue weighted by Gasteiger charge is -2.35. The summed E-state index contributed by atoms with van der Waals surface area (Å²) < 4.78 is 10.4. The Kier molecular flexibility index (Phi) is 11.4. The van der Waals surface area contributed by atoms with Gasteiger partial charge in [-0.3, -0.25) is 19.4 Å². The van der Waals surface area contributed by atoms with Crippen LogP contribution >= 0.6 is 12.2 Å². The van der Waals surface area contributed by atoms with Crippen molar-refractivity contribution in [1.82, 2.24) is 14.7 Å². The third-order valence-electron chi connectivity index (χ3n) is 8.28. The highest BCUT2D eigenvalue weighted by atomic mass is 32.1. The summed E-state index contributed by atoms with van der Waals surface area (Å²) in [4.78, 5) is 47.4. The van der Waals surface area contributed by atoms with E-state index in [9.17, 15) is 14.4 Å². The van der Waals surface area contributed by atoms with Gasteiger partial charge in [0.2, 0.25) is 5.91 Å². The van der Waals surface area contributed by atoms with Gasteiger partial charge in [0, 0.05) is 51.0 Å². The molecular weight excluding hydrogens is 602 g/mol. The van der Waals surface area contributed by atoms with Crippen molar-refractivity contribution >= 4 is 46.5 Å². The molecule has 0 unspecified atom stereocenters. The molecule has 0 radical (unpaired) electrons. The third-order valence-corrected chi connectivity index (χ3v) is 8.69. The van der Waals surface area contributed by atoms with Gasteiger partial charge in [-0.15, -0.1) is 0 Å². The maximum Gasteiger partial charge on any atom is 0.338 e. The lowest BCUT2D eigenvalue weighted by Crippen LogP contribution is -2.47. The van der Waals surface area contributed by atoms with Crippen molar-refractivity contribution in [1.29, 1.82) is 0 Å². The maximum atomic E-state index is 13.9. The first kappa shape index (κ1) is 33.1. The van der Waals surface area contributed by atoms with Crippen LogP contribution in [0.15, 0.2) is 78.9 Å². The Hall–Kier alpha value is -4.32. The van der Waals surface area contributed by atoms with E-state index in [1.54, 1.807) is 44.4 Å². The fourth-order valence-electron chi connectivity index (χ4n) is 5.84. The van der Waals surface area contributed by atoms with E-state index in [4.69, 9.17) is 21.7 Å². The SMILES string of the molecule is CCOC(=O)c1ccc(NC(=O)C[C@@H]2C(=O)N(c3cccc(OC)c3)C(=S)N2CCCN2CCN(Cc3ccccc3)CC2)cc1. The summed E-state index contributed by atoms with van der Waals surface area (Å²) in [6, 6.07) is 23.5. The molecule has 0 bridgehead atoms. The van der Waals surface area contributed by atoms with Gasteiger partial charge in [0.15, 0.2) is 5.11 Å². The highest BCUT2D eigenvalue weighted by Gasteiger charge is 2.44. The second-order valence-corrected chi connectivity index (χ2v) is 11.7. The molecule has 46 heavy (non-hydrogen) atoms. The smallest absolute Gasteiger partial charge is 0.338 e. The standard InChI is InChI=1S/C35H41N5O5S/c1-3-45-34(43)27-13-15-28(16-14-27)36-32(41)24-31-33(42)40(29-11-7-12-30(23-29)44-2)35(46)39(31)18-8-17-37-19-21-38(22-20-37)25-26-9-5-4-6-10-26/h4-7,9-16,23,31H,3,8,17-22,24-25H2,1-2H3,(H,36,41)/t31-/m1/s1. The van der Waals surface area contributed by atoms with Gasteiger partial charge in [-0.2, -0.15) is 0 Å². The summed E-state index contributed by atoms with van der Waals surface area (Å²) in [6.07, 6.45) is 0.725. The molecule has 2 heterocycles. The third kappa shape index (κ3) is 8.28. The number of carbonyl (C=O) groups excluding carboxylic acids is 3. The number of thiocarbonyl (C=S) groups is 1. The zero-order chi connectivity index (χ0) is 32.5. The molecule has 2 aliphatic rings. The van der Waals surface area contributed by atoms with Gasteiger partial charge in [-0.1, -0.05) is 36.4 Å². The monoisotopic (exact) mass is 643 g/mol. The number of anilines is 2. The van der Waals surface area contributed by atoms with Crippen molar-refractivity contribution in [2.75, 3.05) is 63.2 Å². The number of hydrogen-bond acceptors (Lipinski definition) is 8. The number of hydrogen-bond donors (Lipinski definition) is 1. The van der Waals surface area contributed by atoms with E-state index in [0.29, 0.717) is 34.3 Å². The second-order valence-electron chi connectivity index (χ2n) is 11.4. The molecule has 2 amide bonds. The van der Waals surface area contributed by atoms with Crippen LogP contribution in [0.5, 0.6) is 5.75 Å². The predicted molar refractivity (Wildman–Crippen MR) is 182 cm³/mol. The molecule has 0 saturated carbocycles. The Labute approximate surface area is 275 Å². The van der Waals surface area contributed by atoms with Crippen molar-refractivity contribution in [2.45, 2.75) is 32.4 Å². The van der Waals surface area contributed by atoms with E-state index in [-0.39, 0.29) is 24.8 Å². The molecule has 2 aliphatic heterocycles. The lowest BCUT2D eigenvalue weighted by atomic mass is 10.1. The molecule has 1 atom stereocenters. The molecular formula is C35H41N5O5S. The normalized spacial score (nSPS) is 17.3. The first-order valence-electron chi connectivity index (χ1n) is 15.7. The van der Waals surface area contributed by atoms with Crippen LogP contribution < -0.4 is 15.0 Å². The molecule has 11 heteroatoms. The number of benzene rings is 3. The Morgan fingerprint density at radius 2 is 1.63 bits per heavy atom. The van der Waals surface area contributed by atoms with Crippen LogP contribution in [0.4, 0.5) is 11.4 Å². The van der Waals surface area contributed by atoms with Gasteiger partial charge in [0.1, 0.15) is 11.8 Å². The number of nitrogens with one attached hydrogen (secondary N) is 1. The molecule has 3 aromatic carbocycles. The number of ether oxygens (including phenoxy) is 2. The fraction of sp³-hybridized carbons (Fsp3) is 0.371. The van der Waals surface area contributed by atoms with Crippen molar-refractivity contribution < 1.29 is 23.9 Å². The van der Waals surface area contributed by atoms with Gasteiger partial charge in [-0.25, -0.2) is 4.79 Å². The average Bonchev–Trinajstić information content (AvgIpc) is 3.30. The van der Waals surface area contributed by atoms with Crippen molar-refractivity contribution in [3.05, 3.63) is 90.0 Å². The average molecular weight is 644 g/mol. The molecule has 3 aromatic rings. The summed E-state index contributed by atoms with van der Waals surface area (Å²) in [5.41, 5.74) is 2.85. The first-order valence-corrected chi connectivity index (χ1v) is 16.1. The number of piperazine rings is 1. The molecule has 0 spiro atoms. The van der Waals surface area contributed by atoms with E-state index >= 15 is 0 Å². The van der Waals surface area contributed by atoms with Gasteiger partial charge < -0.3 is 24.6 Å². The van der Waals surface area contributed by atoms with Gasteiger partial charge in [0.25, 0.3) is 5.91 Å². The van der Waals surface area contributed by atoms with Crippen LogP contribution in [-0.2, 0) is 20.9 Å². The molecule has 10 nitrogen and oxygen atoms in total. The molecule has 242 valence electrons. The number of nitrogens with zero attached hydrogens (tertiary/aromatic N) is 4. The largest absolute Gasteiger partial charge is 0.497 e. The Bertz CT molecular complexity index is 1510. The van der Waals surface area contributed by atoms with Gasteiger partial charge in [-0.05, 0) is 74.1 Å². The lowest BCUT2D eigenvalue weighted by molar-refractivity contribution is -0.124. The second kappa shape index (κ2) is 15.8. The minimum Gasteiger partial charge on any atom is -0.497 e. The quantitative estimate of drug-likeness (QED) is 0.215. The van der Waals surface area contributed by atoms with E-state index in [0.717, 1.165) is 45.7 Å². The first-order chi connectivity index (χ1) is 22.4. The molecule has 5 rings (SSSR count). The molecule has 2 fully saturated rings. The Morgan fingerprint density at radius 1 is 0.913 bits per heavy atom. The minimum atomic E-state index is -0.750. The molecule has 2 saturated heterocycles. The van der Waals surface area contributed by atoms with E-state index < -0.39 is 12.0 Å². The Balaban J connectivity index is 1.21.